The summed E-state index contributed by atoms with van der Waals surface area (Å²) >= 11 is 3.42. The maximum atomic E-state index is 8.95. The third-order valence-corrected chi connectivity index (χ3v) is 2.96. The second-order valence-corrected chi connectivity index (χ2v) is 4.73. The Balaban J connectivity index is 2.19. The minimum atomic E-state index is 0.0532. The van der Waals surface area contributed by atoms with Crippen molar-refractivity contribution in [1.82, 2.24) is 0 Å². The van der Waals surface area contributed by atoms with Crippen molar-refractivity contribution in [1.29, 1.82) is 0 Å². The molecule has 0 unspecified atom stereocenters. The van der Waals surface area contributed by atoms with Gasteiger partial charge in [-0.1, -0.05) is 28.1 Å². The van der Waals surface area contributed by atoms with Gasteiger partial charge in [0.15, 0.2) is 0 Å². The molecule has 0 atom stereocenters. The summed E-state index contributed by atoms with van der Waals surface area (Å²) in [5, 5.41) is 8.95. The largest absolute Gasteiger partial charge is 0.457 e. The zero-order valence-electron chi connectivity index (χ0n) is 9.48. The molecular formula is C14H13BrO2. The molecule has 17 heavy (non-hydrogen) atoms. The normalized spacial score (nSPS) is 10.3. The first-order valence-electron chi connectivity index (χ1n) is 5.33. The third-order valence-electron chi connectivity index (χ3n) is 2.47. The highest BCUT2D eigenvalue weighted by atomic mass is 79.9. The van der Waals surface area contributed by atoms with E-state index in [4.69, 9.17) is 9.84 Å². The molecule has 2 aromatic carbocycles. The van der Waals surface area contributed by atoms with Crippen molar-refractivity contribution in [2.75, 3.05) is 0 Å². The number of benzene rings is 2. The Bertz CT molecular complexity index is 506. The highest BCUT2D eigenvalue weighted by Gasteiger charge is 2.02. The van der Waals surface area contributed by atoms with Gasteiger partial charge in [-0.3, -0.25) is 0 Å². The maximum Gasteiger partial charge on any atom is 0.130 e. The molecule has 2 aromatic rings. The van der Waals surface area contributed by atoms with Gasteiger partial charge in [-0.2, -0.15) is 0 Å². The first kappa shape index (κ1) is 12.1. The summed E-state index contributed by atoms with van der Waals surface area (Å²) in [7, 11) is 0. The molecule has 0 aliphatic heterocycles. The molecule has 0 saturated heterocycles. The topological polar surface area (TPSA) is 29.5 Å². The lowest BCUT2D eigenvalue weighted by Gasteiger charge is -2.09. The van der Waals surface area contributed by atoms with Crippen molar-refractivity contribution >= 4 is 15.9 Å². The number of hydrogen-bond acceptors (Lipinski definition) is 2. The molecule has 0 amide bonds. The number of ether oxygens (including phenoxy) is 1. The van der Waals surface area contributed by atoms with Gasteiger partial charge in [0.1, 0.15) is 11.5 Å². The standard InChI is InChI=1S/C14H13BrO2/c1-10-8-12(15)4-7-14(10)17-13-5-2-11(9-16)3-6-13/h2-8,16H,9H2,1H3. The lowest BCUT2D eigenvalue weighted by molar-refractivity contribution is 0.281. The van der Waals surface area contributed by atoms with Crippen molar-refractivity contribution < 1.29 is 9.84 Å². The number of hydrogen-bond donors (Lipinski definition) is 1. The summed E-state index contributed by atoms with van der Waals surface area (Å²) in [5.41, 5.74) is 1.95. The van der Waals surface area contributed by atoms with E-state index >= 15 is 0 Å². The summed E-state index contributed by atoms with van der Waals surface area (Å²) in [6.07, 6.45) is 0. The fourth-order valence-corrected chi connectivity index (χ4v) is 1.99. The third kappa shape index (κ3) is 3.08. The average Bonchev–Trinajstić information content (AvgIpc) is 2.34. The van der Waals surface area contributed by atoms with Gasteiger partial charge in [-0.25, -0.2) is 0 Å². The van der Waals surface area contributed by atoms with Crippen LogP contribution in [-0.2, 0) is 6.61 Å². The van der Waals surface area contributed by atoms with Crippen molar-refractivity contribution in [2.45, 2.75) is 13.5 Å². The van der Waals surface area contributed by atoms with Crippen LogP contribution in [0.4, 0.5) is 0 Å². The van der Waals surface area contributed by atoms with E-state index in [9.17, 15) is 0 Å². The van der Waals surface area contributed by atoms with Gasteiger partial charge in [-0.15, -0.1) is 0 Å². The Morgan fingerprint density at radius 3 is 2.41 bits per heavy atom. The molecule has 0 saturated carbocycles. The first-order chi connectivity index (χ1) is 8.19. The van der Waals surface area contributed by atoms with Crippen LogP contribution in [0.1, 0.15) is 11.1 Å². The van der Waals surface area contributed by atoms with E-state index < -0.39 is 0 Å². The molecule has 88 valence electrons. The molecule has 0 aliphatic rings. The smallest absolute Gasteiger partial charge is 0.130 e. The van der Waals surface area contributed by atoms with E-state index in [0.717, 1.165) is 27.1 Å². The Labute approximate surface area is 109 Å². The van der Waals surface area contributed by atoms with Crippen LogP contribution in [0.2, 0.25) is 0 Å². The monoisotopic (exact) mass is 292 g/mol. The molecule has 0 bridgehead atoms. The number of aliphatic hydroxyl groups is 1. The van der Waals surface area contributed by atoms with E-state index in [2.05, 4.69) is 15.9 Å². The molecule has 0 aromatic heterocycles. The maximum absolute atomic E-state index is 8.95. The predicted molar refractivity (Wildman–Crippen MR) is 71.3 cm³/mol. The number of aliphatic hydroxyl groups excluding tert-OH is 1. The summed E-state index contributed by atoms with van der Waals surface area (Å²) in [6, 6.07) is 13.3. The van der Waals surface area contributed by atoms with E-state index in [-0.39, 0.29) is 6.61 Å². The lowest BCUT2D eigenvalue weighted by Crippen LogP contribution is -1.88. The molecule has 0 spiro atoms. The fourth-order valence-electron chi connectivity index (χ4n) is 1.52. The van der Waals surface area contributed by atoms with Crippen LogP contribution in [0.15, 0.2) is 46.9 Å². The lowest BCUT2D eigenvalue weighted by atomic mass is 10.2. The summed E-state index contributed by atoms with van der Waals surface area (Å²) in [4.78, 5) is 0. The minimum absolute atomic E-state index is 0.0532. The van der Waals surface area contributed by atoms with Gasteiger partial charge in [0.05, 0.1) is 6.61 Å². The van der Waals surface area contributed by atoms with Crippen LogP contribution in [-0.4, -0.2) is 5.11 Å². The van der Waals surface area contributed by atoms with Crippen LogP contribution < -0.4 is 4.74 Å². The number of halogens is 1. The summed E-state index contributed by atoms with van der Waals surface area (Å²) in [6.45, 7) is 2.06. The van der Waals surface area contributed by atoms with Gasteiger partial charge in [-0.05, 0) is 48.4 Å². The quantitative estimate of drug-likeness (QED) is 0.925. The van der Waals surface area contributed by atoms with Crippen LogP contribution in [0.25, 0.3) is 0 Å². The van der Waals surface area contributed by atoms with E-state index in [1.807, 2.05) is 49.4 Å². The summed E-state index contributed by atoms with van der Waals surface area (Å²) < 4.78 is 6.80. The summed E-state index contributed by atoms with van der Waals surface area (Å²) in [5.74, 6) is 1.61. The van der Waals surface area contributed by atoms with Crippen molar-refractivity contribution in [2.24, 2.45) is 0 Å². The Hall–Kier alpha value is -1.32. The fraction of sp³-hybridized carbons (Fsp3) is 0.143. The average molecular weight is 293 g/mol. The molecule has 0 radical (unpaired) electrons. The highest BCUT2D eigenvalue weighted by molar-refractivity contribution is 9.10. The van der Waals surface area contributed by atoms with Crippen LogP contribution in [0, 0.1) is 6.92 Å². The van der Waals surface area contributed by atoms with Gasteiger partial charge >= 0.3 is 0 Å². The Morgan fingerprint density at radius 1 is 1.12 bits per heavy atom. The van der Waals surface area contributed by atoms with Gasteiger partial charge in [0, 0.05) is 4.47 Å². The number of aryl methyl sites for hydroxylation is 1. The van der Waals surface area contributed by atoms with E-state index in [1.165, 1.54) is 0 Å². The molecule has 0 fully saturated rings. The predicted octanol–water partition coefficient (Wildman–Crippen LogP) is 4.04. The minimum Gasteiger partial charge on any atom is -0.457 e. The SMILES string of the molecule is Cc1cc(Br)ccc1Oc1ccc(CO)cc1. The molecule has 1 N–H and O–H groups in total. The molecule has 3 heteroatoms. The van der Waals surface area contributed by atoms with Gasteiger partial charge < -0.3 is 9.84 Å². The molecule has 0 heterocycles. The van der Waals surface area contributed by atoms with E-state index in [1.54, 1.807) is 0 Å². The molecule has 2 nitrogen and oxygen atoms in total. The first-order valence-corrected chi connectivity index (χ1v) is 6.12. The van der Waals surface area contributed by atoms with Crippen molar-refractivity contribution in [3.8, 4) is 11.5 Å². The van der Waals surface area contributed by atoms with Crippen molar-refractivity contribution in [3.63, 3.8) is 0 Å². The molecular weight excluding hydrogens is 280 g/mol. The molecule has 0 aliphatic carbocycles. The second kappa shape index (κ2) is 5.34. The van der Waals surface area contributed by atoms with Gasteiger partial charge in [0.2, 0.25) is 0 Å². The zero-order chi connectivity index (χ0) is 12.3. The Morgan fingerprint density at radius 2 is 1.82 bits per heavy atom. The van der Waals surface area contributed by atoms with E-state index in [0.29, 0.717) is 0 Å². The second-order valence-electron chi connectivity index (χ2n) is 3.81. The van der Waals surface area contributed by atoms with Crippen LogP contribution >= 0.6 is 15.9 Å². The Kier molecular flexibility index (Phi) is 3.82. The van der Waals surface area contributed by atoms with Crippen molar-refractivity contribution in [3.05, 3.63) is 58.1 Å². The van der Waals surface area contributed by atoms with Crippen LogP contribution in [0.3, 0.4) is 0 Å². The highest BCUT2D eigenvalue weighted by Crippen LogP contribution is 2.27. The number of rotatable bonds is 3. The zero-order valence-corrected chi connectivity index (χ0v) is 11.1. The van der Waals surface area contributed by atoms with Crippen LogP contribution in [0.5, 0.6) is 11.5 Å². The molecule has 2 rings (SSSR count). The van der Waals surface area contributed by atoms with Gasteiger partial charge in [0.25, 0.3) is 0 Å².